The summed E-state index contributed by atoms with van der Waals surface area (Å²) < 4.78 is 20.2. The number of nitriles is 1. The smallest absolute Gasteiger partial charge is 0.412 e. The Labute approximate surface area is 212 Å². The first-order valence-electron chi connectivity index (χ1n) is 11.5. The molecule has 2 heterocycles. The van der Waals surface area contributed by atoms with Crippen LogP contribution in [0.15, 0.2) is 85.3 Å². The second-order valence-electron chi connectivity index (χ2n) is 8.40. The first-order chi connectivity index (χ1) is 18.0. The Bertz CT molecular complexity index is 1640. The number of amides is 1. The number of aromatic amines is 1. The highest BCUT2D eigenvalue weighted by Crippen LogP contribution is 2.36. The number of hydrogen-bond acceptors (Lipinski definition) is 5. The molecule has 0 radical (unpaired) electrons. The quantitative estimate of drug-likeness (QED) is 0.236. The molecular formula is C29H22FN5O2. The molecule has 0 atom stereocenters. The summed E-state index contributed by atoms with van der Waals surface area (Å²) in [5.41, 5.74) is 5.50. The van der Waals surface area contributed by atoms with Crippen LogP contribution in [-0.2, 0) is 11.3 Å². The van der Waals surface area contributed by atoms with Gasteiger partial charge in [-0.15, -0.1) is 0 Å². The fraction of sp³-hybridized carbons (Fsp3) is 0.0690. The van der Waals surface area contributed by atoms with Crippen LogP contribution in [0.2, 0.25) is 0 Å². The first kappa shape index (κ1) is 23.6. The zero-order chi connectivity index (χ0) is 25.8. The van der Waals surface area contributed by atoms with Gasteiger partial charge >= 0.3 is 6.09 Å². The number of nitrogens with zero attached hydrogens (tertiary/aromatic N) is 2. The molecule has 0 aliphatic carbocycles. The van der Waals surface area contributed by atoms with Crippen molar-refractivity contribution in [2.24, 2.45) is 0 Å². The molecule has 37 heavy (non-hydrogen) atoms. The number of nitrogens with one attached hydrogen (secondary N) is 3. The average molecular weight is 492 g/mol. The number of carbonyl (C=O) groups is 1. The maximum absolute atomic E-state index is 15.0. The van der Waals surface area contributed by atoms with Gasteiger partial charge < -0.3 is 15.0 Å². The lowest BCUT2D eigenvalue weighted by Crippen LogP contribution is -2.14. The minimum Gasteiger partial charge on any atom is -0.444 e. The number of H-pyrrole nitrogens is 1. The summed E-state index contributed by atoms with van der Waals surface area (Å²) in [4.78, 5) is 19.5. The third kappa shape index (κ3) is 4.97. The fourth-order valence-corrected chi connectivity index (χ4v) is 4.11. The number of carbonyl (C=O) groups excluding carboxylic acids is 1. The zero-order valence-corrected chi connectivity index (χ0v) is 19.9. The summed E-state index contributed by atoms with van der Waals surface area (Å²) in [7, 11) is 0. The minimum atomic E-state index is -0.762. The second kappa shape index (κ2) is 10.2. The maximum Gasteiger partial charge on any atom is 0.412 e. The van der Waals surface area contributed by atoms with Crippen molar-refractivity contribution >= 4 is 34.1 Å². The molecule has 3 aromatic carbocycles. The minimum absolute atomic E-state index is 0.0190. The van der Waals surface area contributed by atoms with E-state index in [4.69, 9.17) is 4.74 Å². The number of ether oxygens (including phenoxy) is 1. The van der Waals surface area contributed by atoms with Crippen molar-refractivity contribution in [2.75, 3.05) is 10.6 Å². The summed E-state index contributed by atoms with van der Waals surface area (Å²) in [6, 6.07) is 21.6. The van der Waals surface area contributed by atoms with Gasteiger partial charge in [0.1, 0.15) is 18.5 Å². The number of aromatic nitrogens is 2. The Morgan fingerprint density at radius 3 is 2.68 bits per heavy atom. The van der Waals surface area contributed by atoms with Crippen molar-refractivity contribution in [3.05, 3.63) is 108 Å². The number of pyridine rings is 1. The van der Waals surface area contributed by atoms with E-state index < -0.39 is 11.9 Å². The van der Waals surface area contributed by atoms with Crippen LogP contribution in [0.25, 0.3) is 22.0 Å². The first-order valence-corrected chi connectivity index (χ1v) is 11.5. The van der Waals surface area contributed by atoms with Gasteiger partial charge in [0.25, 0.3) is 0 Å². The standard InChI is InChI=1S/C29H22FN5O2/c1-18-22-11-12-33-26(22)10-9-25(18)34-28-21(14-31)15-32-16-23(28)20-7-8-27(24(30)13-20)35-29(36)37-17-19-5-3-2-4-6-19/h2-13,15-16,33H,17H2,1H3,(H,32,34)(H,35,36). The molecule has 0 aliphatic rings. The molecule has 182 valence electrons. The van der Waals surface area contributed by atoms with Crippen LogP contribution in [0.4, 0.5) is 26.2 Å². The van der Waals surface area contributed by atoms with Gasteiger partial charge in [-0.2, -0.15) is 5.26 Å². The summed E-state index contributed by atoms with van der Waals surface area (Å²) in [5.74, 6) is -0.646. The van der Waals surface area contributed by atoms with E-state index in [0.717, 1.165) is 27.7 Å². The number of benzene rings is 3. The number of aryl methyl sites for hydroxylation is 1. The molecule has 0 saturated heterocycles. The molecule has 3 N–H and O–H groups in total. The van der Waals surface area contributed by atoms with Crippen LogP contribution >= 0.6 is 0 Å². The van der Waals surface area contributed by atoms with Crippen molar-refractivity contribution in [1.29, 1.82) is 5.26 Å². The molecule has 0 unspecified atom stereocenters. The van der Waals surface area contributed by atoms with Crippen LogP contribution in [0.3, 0.4) is 0 Å². The number of fused-ring (bicyclic) bond motifs is 1. The highest BCUT2D eigenvalue weighted by molar-refractivity contribution is 5.92. The molecule has 5 aromatic rings. The third-order valence-electron chi connectivity index (χ3n) is 6.06. The number of rotatable bonds is 6. The predicted octanol–water partition coefficient (Wildman–Crippen LogP) is 7.04. The zero-order valence-electron chi connectivity index (χ0n) is 19.9. The van der Waals surface area contributed by atoms with Gasteiger partial charge in [-0.25, -0.2) is 9.18 Å². The van der Waals surface area contributed by atoms with Gasteiger partial charge in [0, 0.05) is 40.7 Å². The summed E-state index contributed by atoms with van der Waals surface area (Å²) in [6.07, 6.45) is 4.14. The highest BCUT2D eigenvalue weighted by atomic mass is 19.1. The lowest BCUT2D eigenvalue weighted by atomic mass is 10.0. The largest absolute Gasteiger partial charge is 0.444 e. The van der Waals surface area contributed by atoms with Crippen molar-refractivity contribution in [3.8, 4) is 17.2 Å². The van der Waals surface area contributed by atoms with E-state index >= 15 is 4.39 Å². The Balaban J connectivity index is 1.40. The van der Waals surface area contributed by atoms with Crippen molar-refractivity contribution in [3.63, 3.8) is 0 Å². The van der Waals surface area contributed by atoms with Gasteiger partial charge in [-0.3, -0.25) is 10.3 Å². The van der Waals surface area contributed by atoms with Crippen LogP contribution in [0.1, 0.15) is 16.7 Å². The molecule has 0 spiro atoms. The molecule has 8 heteroatoms. The summed E-state index contributed by atoms with van der Waals surface area (Å²) >= 11 is 0. The van der Waals surface area contributed by atoms with E-state index in [-0.39, 0.29) is 12.3 Å². The molecule has 0 aliphatic heterocycles. The number of hydrogen-bond donors (Lipinski definition) is 3. The summed E-state index contributed by atoms with van der Waals surface area (Å²) in [5, 5.41) is 16.6. The van der Waals surface area contributed by atoms with E-state index in [1.165, 1.54) is 18.3 Å². The lowest BCUT2D eigenvalue weighted by molar-refractivity contribution is 0.155. The molecule has 1 amide bonds. The maximum atomic E-state index is 15.0. The molecule has 5 rings (SSSR count). The normalized spacial score (nSPS) is 10.6. The van der Waals surface area contributed by atoms with Gasteiger partial charge in [0.05, 0.1) is 16.9 Å². The molecule has 0 fully saturated rings. The van der Waals surface area contributed by atoms with E-state index in [9.17, 15) is 10.1 Å². The molecule has 7 nitrogen and oxygen atoms in total. The van der Waals surface area contributed by atoms with Crippen molar-refractivity contribution < 1.29 is 13.9 Å². The lowest BCUT2D eigenvalue weighted by Gasteiger charge is -2.16. The van der Waals surface area contributed by atoms with E-state index in [1.54, 1.807) is 12.3 Å². The Hall–Kier alpha value is -5.16. The average Bonchev–Trinajstić information content (AvgIpc) is 3.41. The van der Waals surface area contributed by atoms with E-state index in [2.05, 4.69) is 26.7 Å². The molecule has 0 bridgehead atoms. The Kier molecular flexibility index (Phi) is 6.51. The fourth-order valence-electron chi connectivity index (χ4n) is 4.11. The Morgan fingerprint density at radius 1 is 1.08 bits per heavy atom. The van der Waals surface area contributed by atoms with Crippen LogP contribution in [0.5, 0.6) is 0 Å². The van der Waals surface area contributed by atoms with Crippen LogP contribution < -0.4 is 10.6 Å². The topological polar surface area (TPSA) is 103 Å². The van der Waals surface area contributed by atoms with Gasteiger partial charge in [0.2, 0.25) is 0 Å². The van der Waals surface area contributed by atoms with E-state index in [0.29, 0.717) is 22.4 Å². The van der Waals surface area contributed by atoms with Gasteiger partial charge in [0.15, 0.2) is 0 Å². The summed E-state index contributed by atoms with van der Waals surface area (Å²) in [6.45, 7) is 2.06. The van der Waals surface area contributed by atoms with Crippen LogP contribution in [0, 0.1) is 24.1 Å². The molecule has 0 saturated carbocycles. The van der Waals surface area contributed by atoms with E-state index in [1.807, 2.05) is 61.7 Å². The van der Waals surface area contributed by atoms with Gasteiger partial charge in [-0.05, 0) is 53.9 Å². The number of anilines is 3. The third-order valence-corrected chi connectivity index (χ3v) is 6.06. The monoisotopic (exact) mass is 491 g/mol. The molecular weight excluding hydrogens is 469 g/mol. The highest BCUT2D eigenvalue weighted by Gasteiger charge is 2.16. The Morgan fingerprint density at radius 2 is 1.89 bits per heavy atom. The van der Waals surface area contributed by atoms with Crippen molar-refractivity contribution in [2.45, 2.75) is 13.5 Å². The second-order valence-corrected chi connectivity index (χ2v) is 8.40. The van der Waals surface area contributed by atoms with Crippen molar-refractivity contribution in [1.82, 2.24) is 9.97 Å². The molecule has 2 aromatic heterocycles. The number of halogens is 1. The SMILES string of the molecule is Cc1c(Nc2c(C#N)cncc2-c2ccc(NC(=O)OCc3ccccc3)c(F)c2)ccc2[nH]ccc12. The predicted molar refractivity (Wildman–Crippen MR) is 141 cm³/mol. The van der Waals surface area contributed by atoms with Crippen LogP contribution in [-0.4, -0.2) is 16.1 Å². The van der Waals surface area contributed by atoms with Gasteiger partial charge in [-0.1, -0.05) is 36.4 Å².